The molecule has 43 heavy (non-hydrogen) atoms. The number of methoxy groups -OCH3 is 1. The lowest BCUT2D eigenvalue weighted by Gasteiger charge is -2.27. The van der Waals surface area contributed by atoms with Crippen LogP contribution < -0.4 is 11.1 Å². The first-order valence-corrected chi connectivity index (χ1v) is 12.9. The first-order valence-electron chi connectivity index (χ1n) is 12.5. The average molecular weight is 618 g/mol. The number of nitrogens with two attached hydrogens (primary N) is 1. The summed E-state index contributed by atoms with van der Waals surface area (Å²) in [5, 5.41) is 10.1. The number of amides is 2. The standard InChI is InChI=1S/C27H26ClN5O3.C2HF3O2/c1-33(26(34)19-9-6-10-20(29)16-19)22(15-17-7-4-3-5-8-17)25-31-23(24(28)32-25)18-11-13-21(14-12-18)30-27(35)36-2;3-2(4,5)1(6)7/h3-14,16,22H,15,29H2,1-2H3,(H,30,35)(H,31,32);(H,6,7)/t22-;/m0./s1. The molecular weight excluding hydrogens is 591 g/mol. The lowest BCUT2D eigenvalue weighted by atomic mass is 10.0. The quantitative estimate of drug-likeness (QED) is 0.181. The summed E-state index contributed by atoms with van der Waals surface area (Å²) in [4.78, 5) is 43.3. The second-order valence-corrected chi connectivity index (χ2v) is 9.41. The minimum atomic E-state index is -5.08. The van der Waals surface area contributed by atoms with Crippen LogP contribution in [0.1, 0.15) is 27.8 Å². The van der Waals surface area contributed by atoms with E-state index in [2.05, 4.69) is 15.0 Å². The monoisotopic (exact) mass is 617 g/mol. The highest BCUT2D eigenvalue weighted by molar-refractivity contribution is 6.31. The van der Waals surface area contributed by atoms with E-state index in [4.69, 9.17) is 32.2 Å². The van der Waals surface area contributed by atoms with Gasteiger partial charge in [0.25, 0.3) is 5.91 Å². The van der Waals surface area contributed by atoms with E-state index >= 15 is 0 Å². The topological polar surface area (TPSA) is 151 Å². The number of aromatic amines is 1. The van der Waals surface area contributed by atoms with Crippen molar-refractivity contribution in [1.29, 1.82) is 0 Å². The zero-order chi connectivity index (χ0) is 31.7. The molecule has 14 heteroatoms. The number of benzene rings is 3. The number of carboxylic acids is 1. The maximum absolute atomic E-state index is 13.4. The number of hydrogen-bond donors (Lipinski definition) is 4. The molecule has 4 aromatic rings. The van der Waals surface area contributed by atoms with Crippen molar-refractivity contribution in [1.82, 2.24) is 14.9 Å². The number of carbonyl (C=O) groups is 3. The third kappa shape index (κ3) is 8.97. The van der Waals surface area contributed by atoms with Crippen LogP contribution in [0.4, 0.5) is 29.3 Å². The maximum atomic E-state index is 13.4. The van der Waals surface area contributed by atoms with Crippen LogP contribution in [0.2, 0.25) is 5.15 Å². The van der Waals surface area contributed by atoms with E-state index in [1.165, 1.54) is 7.11 Å². The number of aliphatic carboxylic acids is 1. The molecule has 10 nitrogen and oxygen atoms in total. The van der Waals surface area contributed by atoms with Gasteiger partial charge in [0.1, 0.15) is 16.7 Å². The molecule has 1 heterocycles. The number of rotatable bonds is 7. The van der Waals surface area contributed by atoms with Gasteiger partial charge in [-0.15, -0.1) is 0 Å². The Bertz CT molecular complexity index is 1560. The lowest BCUT2D eigenvalue weighted by molar-refractivity contribution is -0.192. The Kier molecular flexibility index (Phi) is 10.7. The Morgan fingerprint density at radius 2 is 1.70 bits per heavy atom. The van der Waals surface area contributed by atoms with Crippen LogP contribution in [0.3, 0.4) is 0 Å². The number of halogens is 4. The predicted octanol–water partition coefficient (Wildman–Crippen LogP) is 6.18. The van der Waals surface area contributed by atoms with Gasteiger partial charge in [0, 0.05) is 36.0 Å². The average Bonchev–Trinajstić information content (AvgIpc) is 3.36. The summed E-state index contributed by atoms with van der Waals surface area (Å²) in [6.45, 7) is 0. The second kappa shape index (κ2) is 14.2. The SMILES string of the molecule is COC(=O)Nc1ccc(-c2nc([C@H](Cc3ccccc3)N(C)C(=O)c3cccc(N)c3)[nH]c2Cl)cc1.O=C(O)C(F)(F)F. The molecule has 0 bridgehead atoms. The molecule has 0 aliphatic heterocycles. The van der Waals surface area contributed by atoms with Gasteiger partial charge < -0.3 is 25.5 Å². The van der Waals surface area contributed by atoms with E-state index in [0.717, 1.165) is 11.1 Å². The van der Waals surface area contributed by atoms with Gasteiger partial charge in [-0.3, -0.25) is 10.1 Å². The second-order valence-electron chi connectivity index (χ2n) is 9.03. The van der Waals surface area contributed by atoms with Crippen molar-refractivity contribution in [3.05, 3.63) is 101 Å². The highest BCUT2D eigenvalue weighted by Crippen LogP contribution is 2.32. The number of nitrogens with zero attached hydrogens (tertiary/aromatic N) is 2. The van der Waals surface area contributed by atoms with Gasteiger partial charge in [-0.25, -0.2) is 14.6 Å². The lowest BCUT2D eigenvalue weighted by Crippen LogP contribution is -2.33. The van der Waals surface area contributed by atoms with Crippen molar-refractivity contribution >= 4 is 40.9 Å². The van der Waals surface area contributed by atoms with E-state index in [0.29, 0.717) is 40.0 Å². The normalized spacial score (nSPS) is 11.5. The summed E-state index contributed by atoms with van der Waals surface area (Å²) >= 11 is 6.57. The fraction of sp³-hybridized carbons (Fsp3) is 0.172. The Labute approximate surface area is 249 Å². The summed E-state index contributed by atoms with van der Waals surface area (Å²) in [5.74, 6) is -2.39. The third-order valence-electron chi connectivity index (χ3n) is 6.02. The van der Waals surface area contributed by atoms with Gasteiger partial charge in [-0.05, 0) is 35.9 Å². The maximum Gasteiger partial charge on any atom is 0.490 e. The molecule has 4 rings (SSSR count). The Morgan fingerprint density at radius 1 is 1.07 bits per heavy atom. The van der Waals surface area contributed by atoms with E-state index in [-0.39, 0.29) is 5.91 Å². The number of carbonyl (C=O) groups excluding carboxylic acids is 2. The number of carboxylic acid groups (broad SMARTS) is 1. The Morgan fingerprint density at radius 3 is 2.26 bits per heavy atom. The predicted molar refractivity (Wildman–Crippen MR) is 155 cm³/mol. The van der Waals surface area contributed by atoms with E-state index in [9.17, 15) is 22.8 Å². The van der Waals surface area contributed by atoms with Crippen molar-refractivity contribution in [3.8, 4) is 11.3 Å². The number of H-pyrrole nitrogens is 1. The molecule has 2 amide bonds. The zero-order valence-electron chi connectivity index (χ0n) is 22.9. The minimum Gasteiger partial charge on any atom is -0.475 e. The molecule has 0 saturated heterocycles. The number of nitrogens with one attached hydrogen (secondary N) is 2. The van der Waals surface area contributed by atoms with Gasteiger partial charge in [-0.1, -0.05) is 60.1 Å². The smallest absolute Gasteiger partial charge is 0.475 e. The van der Waals surface area contributed by atoms with Crippen molar-refractivity contribution in [3.63, 3.8) is 0 Å². The molecule has 1 aromatic heterocycles. The van der Waals surface area contributed by atoms with Crippen LogP contribution >= 0.6 is 11.6 Å². The number of likely N-dealkylation sites (N-methyl/N-ethyl adjacent to an activating group) is 1. The number of anilines is 2. The summed E-state index contributed by atoms with van der Waals surface area (Å²) in [7, 11) is 3.04. The first kappa shape index (κ1) is 32.5. The van der Waals surface area contributed by atoms with Crippen LogP contribution in [0.15, 0.2) is 78.9 Å². The molecule has 0 saturated carbocycles. The highest BCUT2D eigenvalue weighted by atomic mass is 35.5. The third-order valence-corrected chi connectivity index (χ3v) is 6.29. The van der Waals surface area contributed by atoms with Crippen LogP contribution in [0, 0.1) is 0 Å². The molecule has 226 valence electrons. The van der Waals surface area contributed by atoms with Crippen LogP contribution in [-0.4, -0.2) is 58.3 Å². The van der Waals surface area contributed by atoms with Gasteiger partial charge >= 0.3 is 18.2 Å². The fourth-order valence-electron chi connectivity index (χ4n) is 3.87. The van der Waals surface area contributed by atoms with Crippen molar-refractivity contribution in [2.45, 2.75) is 18.6 Å². The fourth-order valence-corrected chi connectivity index (χ4v) is 4.12. The molecule has 0 fully saturated rings. The number of alkyl halides is 3. The molecule has 0 aliphatic carbocycles. The molecule has 0 unspecified atom stereocenters. The molecule has 0 aliphatic rings. The Hall–Kier alpha value is -5.04. The molecule has 1 atom stereocenters. The molecule has 0 radical (unpaired) electrons. The van der Waals surface area contributed by atoms with Gasteiger partial charge in [0.2, 0.25) is 0 Å². The summed E-state index contributed by atoms with van der Waals surface area (Å²) in [5.41, 5.74) is 9.82. The van der Waals surface area contributed by atoms with Gasteiger partial charge in [0.15, 0.2) is 0 Å². The van der Waals surface area contributed by atoms with Crippen LogP contribution in [0.25, 0.3) is 11.3 Å². The number of imidazole rings is 1. The van der Waals surface area contributed by atoms with Gasteiger partial charge in [0.05, 0.1) is 13.2 Å². The van der Waals surface area contributed by atoms with E-state index < -0.39 is 24.3 Å². The van der Waals surface area contributed by atoms with Crippen molar-refractivity contribution in [2.75, 3.05) is 25.2 Å². The van der Waals surface area contributed by atoms with Crippen LogP contribution in [0.5, 0.6) is 0 Å². The van der Waals surface area contributed by atoms with E-state index in [1.807, 2.05) is 30.3 Å². The number of nitrogen functional groups attached to an aromatic ring is 1. The largest absolute Gasteiger partial charge is 0.490 e. The summed E-state index contributed by atoms with van der Waals surface area (Å²) < 4.78 is 36.4. The summed E-state index contributed by atoms with van der Waals surface area (Å²) in [6, 6.07) is 23.4. The highest BCUT2D eigenvalue weighted by Gasteiger charge is 2.38. The first-order chi connectivity index (χ1) is 20.3. The molecule has 3 aromatic carbocycles. The van der Waals surface area contributed by atoms with E-state index in [1.54, 1.807) is 60.5 Å². The number of hydrogen-bond acceptors (Lipinski definition) is 6. The minimum absolute atomic E-state index is 0.185. The van der Waals surface area contributed by atoms with Crippen molar-refractivity contribution in [2.24, 2.45) is 0 Å². The van der Waals surface area contributed by atoms with Crippen molar-refractivity contribution < 1.29 is 37.4 Å². The number of ether oxygens (including phenoxy) is 1. The van der Waals surface area contributed by atoms with Crippen LogP contribution in [-0.2, 0) is 16.0 Å². The molecule has 0 spiro atoms. The molecular formula is C29H27ClF3N5O5. The Balaban J connectivity index is 0.000000646. The zero-order valence-corrected chi connectivity index (χ0v) is 23.6. The molecule has 5 N–H and O–H groups in total. The number of aromatic nitrogens is 2. The summed E-state index contributed by atoms with van der Waals surface area (Å²) in [6.07, 6.45) is -5.11. The van der Waals surface area contributed by atoms with Gasteiger partial charge in [-0.2, -0.15) is 13.2 Å².